The molecule has 0 bridgehead atoms. The first-order valence-corrected chi connectivity index (χ1v) is 12.9. The second kappa shape index (κ2) is 16.2. The Balaban J connectivity index is 0.00000113. The number of aliphatic hydroxyl groups excluding tert-OH is 8. The van der Waals surface area contributed by atoms with Crippen LogP contribution in [0.2, 0.25) is 0 Å². The number of amides is 1. The van der Waals surface area contributed by atoms with Crippen LogP contribution in [0, 0.1) is 0 Å². The number of rotatable bonds is 9. The molecule has 0 aromatic carbocycles. The lowest BCUT2D eigenvalue weighted by molar-refractivity contribution is -0.350. The van der Waals surface area contributed by atoms with Crippen LogP contribution in [0.1, 0.15) is 6.92 Å². The number of nitrogens with one attached hydrogen (secondary N) is 1. The third-order valence-electron chi connectivity index (χ3n) is 6.83. The predicted octanol–water partition coefficient (Wildman–Crippen LogP) is -7.24. The molecule has 1 amide bonds. The highest BCUT2D eigenvalue weighted by atomic mass is 16.7. The lowest BCUT2D eigenvalue weighted by atomic mass is 9.94. The van der Waals surface area contributed by atoms with Crippen LogP contribution in [0.25, 0.3) is 0 Å². The number of ether oxygens (including phenoxy) is 5. The van der Waals surface area contributed by atoms with Crippen molar-refractivity contribution in [2.75, 3.05) is 19.8 Å². The van der Waals surface area contributed by atoms with Crippen molar-refractivity contribution < 1.29 is 79.2 Å². The highest BCUT2D eigenvalue weighted by Gasteiger charge is 2.53. The van der Waals surface area contributed by atoms with Crippen LogP contribution < -0.4 is 16.8 Å². The van der Waals surface area contributed by atoms with Gasteiger partial charge in [-0.3, -0.25) is 4.79 Å². The summed E-state index contributed by atoms with van der Waals surface area (Å²) in [5.41, 5.74) is 11.6. The lowest BCUT2D eigenvalue weighted by Crippen LogP contribution is -2.70. The van der Waals surface area contributed by atoms with E-state index in [4.69, 9.17) is 40.3 Å². The Labute approximate surface area is 239 Å². The van der Waals surface area contributed by atoms with Gasteiger partial charge in [0.1, 0.15) is 61.0 Å². The smallest absolute Gasteiger partial charge is 0.327 e. The third kappa shape index (κ3) is 8.59. The fraction of sp³-hybridized carbons (Fsp3) is 0.826. The minimum Gasteiger partial charge on any atom is -0.478 e. The van der Waals surface area contributed by atoms with E-state index in [-0.39, 0.29) is 0 Å². The third-order valence-corrected chi connectivity index (χ3v) is 6.83. The number of carbonyl (C=O) groups excluding carboxylic acids is 1. The first-order chi connectivity index (χ1) is 19.7. The first kappa shape index (κ1) is 36.3. The zero-order chi connectivity index (χ0) is 31.9. The second-order valence-electron chi connectivity index (χ2n) is 9.79. The number of aliphatic carboxylic acids is 1. The molecule has 0 aromatic heterocycles. The van der Waals surface area contributed by atoms with Gasteiger partial charge in [0.05, 0.1) is 31.9 Å². The molecule has 42 heavy (non-hydrogen) atoms. The van der Waals surface area contributed by atoms with Gasteiger partial charge in [0, 0.05) is 13.0 Å². The fourth-order valence-corrected chi connectivity index (χ4v) is 4.55. The highest BCUT2D eigenvalue weighted by molar-refractivity contribution is 5.78. The summed E-state index contributed by atoms with van der Waals surface area (Å²) in [4.78, 5) is 21.2. The van der Waals surface area contributed by atoms with Crippen molar-refractivity contribution >= 4 is 11.9 Å². The Morgan fingerprint density at radius 3 is 1.76 bits per heavy atom. The summed E-state index contributed by atoms with van der Waals surface area (Å²) in [7, 11) is 0. The molecule has 15 atom stereocenters. The van der Waals surface area contributed by atoms with E-state index in [9.17, 15) is 50.4 Å². The van der Waals surface area contributed by atoms with Crippen LogP contribution in [-0.2, 0) is 33.3 Å². The summed E-state index contributed by atoms with van der Waals surface area (Å²) < 4.78 is 27.8. The summed E-state index contributed by atoms with van der Waals surface area (Å²) in [6.45, 7) is 1.97. The van der Waals surface area contributed by atoms with Crippen LogP contribution in [0.3, 0.4) is 0 Å². The minimum absolute atomic E-state index is 0.627. The average molecular weight is 616 g/mol. The van der Waals surface area contributed by atoms with E-state index in [1.807, 2.05) is 0 Å². The van der Waals surface area contributed by atoms with Crippen molar-refractivity contribution in [3.05, 3.63) is 12.7 Å². The summed E-state index contributed by atoms with van der Waals surface area (Å²) >= 11 is 0. The van der Waals surface area contributed by atoms with E-state index in [0.717, 1.165) is 13.0 Å². The quantitative estimate of drug-likeness (QED) is 0.107. The van der Waals surface area contributed by atoms with E-state index in [0.29, 0.717) is 0 Å². The number of carboxylic acid groups (broad SMARTS) is 1. The monoisotopic (exact) mass is 615 g/mol. The SMILES string of the molecule is C=CC(=O)O.CC(=O)NC1C(OC2C(CO)OC(O)C(N)C2O)OC(CO)C(OC2OC(CO)C(O)C(O)C2N)C1O. The van der Waals surface area contributed by atoms with Crippen LogP contribution in [0.5, 0.6) is 0 Å². The average Bonchev–Trinajstić information content (AvgIpc) is 2.96. The van der Waals surface area contributed by atoms with Gasteiger partial charge < -0.3 is 86.4 Å². The molecule has 14 N–H and O–H groups in total. The molecule has 3 aliphatic rings. The summed E-state index contributed by atoms with van der Waals surface area (Å²) in [6, 6.07) is -4.04. The van der Waals surface area contributed by atoms with Gasteiger partial charge in [0.15, 0.2) is 18.9 Å². The second-order valence-corrected chi connectivity index (χ2v) is 9.79. The zero-order valence-corrected chi connectivity index (χ0v) is 22.6. The maximum atomic E-state index is 11.9. The number of aliphatic hydroxyl groups is 8. The van der Waals surface area contributed by atoms with E-state index >= 15 is 0 Å². The molecule has 3 rings (SSSR count). The lowest BCUT2D eigenvalue weighted by Gasteiger charge is -2.49. The molecule has 0 saturated carbocycles. The van der Waals surface area contributed by atoms with Gasteiger partial charge in [-0.1, -0.05) is 6.58 Å². The normalized spacial score (nSPS) is 43.9. The Morgan fingerprint density at radius 1 is 0.786 bits per heavy atom. The van der Waals surface area contributed by atoms with Crippen LogP contribution >= 0.6 is 0 Å². The Kier molecular flexibility index (Phi) is 14.0. The number of hydrogen-bond donors (Lipinski definition) is 12. The maximum Gasteiger partial charge on any atom is 0.327 e. The Bertz CT molecular complexity index is 883. The molecule has 19 heteroatoms. The number of hydrogen-bond acceptors (Lipinski definition) is 17. The van der Waals surface area contributed by atoms with Gasteiger partial charge in [-0.05, 0) is 0 Å². The molecule has 15 unspecified atom stereocenters. The maximum absolute atomic E-state index is 11.9. The molecule has 244 valence electrons. The molecule has 3 fully saturated rings. The number of carboxylic acids is 1. The first-order valence-electron chi connectivity index (χ1n) is 12.9. The van der Waals surface area contributed by atoms with Crippen molar-refractivity contribution in [3.63, 3.8) is 0 Å². The van der Waals surface area contributed by atoms with Crippen molar-refractivity contribution in [1.29, 1.82) is 0 Å². The van der Waals surface area contributed by atoms with Crippen molar-refractivity contribution in [3.8, 4) is 0 Å². The van der Waals surface area contributed by atoms with Gasteiger partial charge in [-0.15, -0.1) is 0 Å². The van der Waals surface area contributed by atoms with Gasteiger partial charge in [0.25, 0.3) is 0 Å². The molecule has 0 aromatic rings. The molecule has 19 nitrogen and oxygen atoms in total. The molecule has 0 radical (unpaired) electrons. The van der Waals surface area contributed by atoms with E-state index in [2.05, 4.69) is 11.9 Å². The largest absolute Gasteiger partial charge is 0.478 e. The topological polar surface area (TPSA) is 326 Å². The highest BCUT2D eigenvalue weighted by Crippen LogP contribution is 2.31. The van der Waals surface area contributed by atoms with Gasteiger partial charge in [0.2, 0.25) is 5.91 Å². The Hall–Kier alpha value is -1.92. The summed E-state index contributed by atoms with van der Waals surface area (Å²) in [5, 5.41) is 90.7. The molecule has 3 aliphatic heterocycles. The standard InChI is InChI=1S/C20H37N3O14.C3H4O2/c1-5(27)23-11-15(31)17(36-19-10(22)13(29)12(28)6(2-24)34-19)8(4-26)35-20(11)37-16-7(3-25)33-18(32)9(21)14(16)30;1-2-3(4)5/h6-20,24-26,28-32H,2-4,21-22H2,1H3,(H,23,27);2H,1H2,(H,4,5). The zero-order valence-electron chi connectivity index (χ0n) is 22.6. The van der Waals surface area contributed by atoms with Crippen molar-refractivity contribution in [2.24, 2.45) is 11.5 Å². The molecular formula is C23H41N3O16. The number of carbonyl (C=O) groups is 2. The molecule has 3 saturated heterocycles. The van der Waals surface area contributed by atoms with Gasteiger partial charge in [-0.2, -0.15) is 0 Å². The van der Waals surface area contributed by atoms with Crippen LogP contribution in [0.4, 0.5) is 0 Å². The Morgan fingerprint density at radius 2 is 1.26 bits per heavy atom. The van der Waals surface area contributed by atoms with E-state index < -0.39 is 124 Å². The fourth-order valence-electron chi connectivity index (χ4n) is 4.55. The summed E-state index contributed by atoms with van der Waals surface area (Å²) in [5.74, 6) is -1.61. The van der Waals surface area contributed by atoms with Crippen molar-refractivity contribution in [2.45, 2.75) is 98.9 Å². The minimum atomic E-state index is -1.67. The number of nitrogens with two attached hydrogens (primary N) is 2. The van der Waals surface area contributed by atoms with E-state index in [1.165, 1.54) is 0 Å². The molecule has 0 aliphatic carbocycles. The molecule has 0 spiro atoms. The van der Waals surface area contributed by atoms with E-state index in [1.54, 1.807) is 0 Å². The van der Waals surface area contributed by atoms with Gasteiger partial charge >= 0.3 is 5.97 Å². The van der Waals surface area contributed by atoms with Crippen LogP contribution in [0.15, 0.2) is 12.7 Å². The predicted molar refractivity (Wildman–Crippen MR) is 135 cm³/mol. The van der Waals surface area contributed by atoms with Gasteiger partial charge in [-0.25, -0.2) is 4.79 Å². The molecular weight excluding hydrogens is 574 g/mol. The van der Waals surface area contributed by atoms with Crippen molar-refractivity contribution in [1.82, 2.24) is 5.32 Å². The summed E-state index contributed by atoms with van der Waals surface area (Å²) in [6.07, 6.45) is -16.8. The van der Waals surface area contributed by atoms with Crippen LogP contribution in [-0.4, -0.2) is 170 Å². The molecule has 3 heterocycles.